The Bertz CT molecular complexity index is 796. The summed E-state index contributed by atoms with van der Waals surface area (Å²) in [6.45, 7) is 3.43. The minimum atomic E-state index is -3.19. The van der Waals surface area contributed by atoms with Gasteiger partial charge in [0.1, 0.15) is 0 Å². The molecule has 0 saturated carbocycles. The number of nitrogens with zero attached hydrogens (tertiary/aromatic N) is 5. The Morgan fingerprint density at radius 3 is 1.69 bits per heavy atom. The number of hydrogen-bond acceptors (Lipinski definition) is 9. The molecule has 0 amide bonds. The average molecular weight is 1130 g/mol. The van der Waals surface area contributed by atoms with Gasteiger partial charge in [0.15, 0.2) is 0 Å². The van der Waals surface area contributed by atoms with Crippen LogP contribution in [0.1, 0.15) is 27.2 Å². The van der Waals surface area contributed by atoms with Gasteiger partial charge in [-0.1, -0.05) is 12.5 Å². The molecule has 3 N–H and O–H groups in total. The molecule has 2 aliphatic rings. The molecule has 36 heavy (non-hydrogen) atoms. The second kappa shape index (κ2) is 25.7. The molecule has 0 unspecified atom stereocenters. The molecular formula is C17H40I2N6O7Re2S2. The topological polar surface area (TPSA) is 188 Å². The molecule has 2 aliphatic heterocycles. The van der Waals surface area contributed by atoms with E-state index < -0.39 is 20.0 Å². The third-order valence-corrected chi connectivity index (χ3v) is 7.34. The fourth-order valence-corrected chi connectivity index (χ4v) is 4.77. The molecule has 0 spiro atoms. The van der Waals surface area contributed by atoms with Crippen molar-refractivity contribution in [2.24, 2.45) is 10.8 Å². The van der Waals surface area contributed by atoms with Crippen molar-refractivity contribution in [1.82, 2.24) is 8.61 Å². The molecule has 4 atom stereocenters. The number of piperidine rings is 2. The Balaban J connectivity index is -0.000000224. The summed E-state index contributed by atoms with van der Waals surface area (Å²) in [6, 6.07) is -0.332. The second-order valence-corrected chi connectivity index (χ2v) is 11.1. The third-order valence-electron chi connectivity index (χ3n) is 4.80. The molecule has 2 fully saturated rings. The van der Waals surface area contributed by atoms with Crippen molar-refractivity contribution < 1.29 is 62.6 Å². The van der Waals surface area contributed by atoms with Crippen molar-refractivity contribution >= 4 is 59.1 Å². The minimum absolute atomic E-state index is 0. The van der Waals surface area contributed by atoms with Crippen molar-refractivity contribution in [1.29, 1.82) is 0 Å². The molecule has 0 aromatic heterocycles. The van der Waals surface area contributed by atoms with Crippen LogP contribution in [0.15, 0.2) is 5.11 Å². The number of aliphatic hydroxyl groups excluding tert-OH is 1. The summed E-state index contributed by atoms with van der Waals surface area (Å²) in [4.78, 5) is 2.72. The van der Waals surface area contributed by atoms with Crippen LogP contribution < -0.4 is 5.73 Å². The average Bonchev–Trinajstić information content (AvgIpc) is 2.82. The summed E-state index contributed by atoms with van der Waals surface area (Å²) in [5, 5.41) is 11.2. The van der Waals surface area contributed by atoms with E-state index in [1.807, 2.05) is 0 Å². The first-order valence-electron chi connectivity index (χ1n) is 10.0. The number of azide groups is 1. The third kappa shape index (κ3) is 19.8. The Morgan fingerprint density at radius 2 is 1.36 bits per heavy atom. The van der Waals surface area contributed by atoms with Crippen LogP contribution in [0.4, 0.5) is 0 Å². The molecule has 2 rings (SSSR count). The van der Waals surface area contributed by atoms with E-state index in [1.165, 1.54) is 22.0 Å². The van der Waals surface area contributed by atoms with Crippen molar-refractivity contribution in [2.45, 2.75) is 51.5 Å². The van der Waals surface area contributed by atoms with Gasteiger partial charge in [-0.3, -0.25) is 0 Å². The monoisotopic (exact) mass is 1130 g/mol. The maximum absolute atomic E-state index is 11.3. The SMILES string of the molecule is C.CCO.CO[C@@H]1CN(S(C)(=O)=O)CC[C@H]1N.CO[C@@H]1CN(S(C)(=O)=O)CC[C@H]1N=[N+]=[N-].[I][Re].[I][Re]. The predicted octanol–water partition coefficient (Wildman–Crippen LogP) is 1.74. The summed E-state index contributed by atoms with van der Waals surface area (Å²) < 4.78 is 57.9. The maximum atomic E-state index is 11.3. The summed E-state index contributed by atoms with van der Waals surface area (Å²) in [5.41, 5.74) is 14.1. The zero-order chi connectivity index (χ0) is 28.2. The molecule has 2 saturated heterocycles. The molecule has 0 aromatic carbocycles. The molecule has 19 heteroatoms. The first-order chi connectivity index (χ1) is 16.3. The predicted molar refractivity (Wildman–Crippen MR) is 152 cm³/mol. The van der Waals surface area contributed by atoms with E-state index in [0.29, 0.717) is 32.5 Å². The molecule has 0 aromatic rings. The van der Waals surface area contributed by atoms with Gasteiger partial charge < -0.3 is 20.3 Å². The first-order valence-corrected chi connectivity index (χ1v) is 29.1. The number of nitrogens with two attached hydrogens (primary N) is 1. The van der Waals surface area contributed by atoms with Gasteiger partial charge in [0.2, 0.25) is 20.0 Å². The molecule has 0 radical (unpaired) electrons. The van der Waals surface area contributed by atoms with Gasteiger partial charge in [0.25, 0.3) is 0 Å². The van der Waals surface area contributed by atoms with Crippen molar-refractivity contribution in [2.75, 3.05) is 59.5 Å². The van der Waals surface area contributed by atoms with E-state index in [1.54, 1.807) is 45.2 Å². The van der Waals surface area contributed by atoms with Crippen molar-refractivity contribution in [3.63, 3.8) is 0 Å². The van der Waals surface area contributed by atoms with Gasteiger partial charge in [-0.15, -0.1) is 0 Å². The zero-order valence-electron chi connectivity index (χ0n) is 20.3. The number of aliphatic hydroxyl groups is 1. The van der Waals surface area contributed by atoms with Crippen molar-refractivity contribution in [3.8, 4) is 0 Å². The normalized spacial score (nSPS) is 24.2. The van der Waals surface area contributed by atoms with E-state index in [2.05, 4.69) is 49.1 Å². The quantitative estimate of drug-likeness (QED) is 0.180. The summed E-state index contributed by atoms with van der Waals surface area (Å²) in [6.07, 6.45) is 2.98. The van der Waals surface area contributed by atoms with Gasteiger partial charge in [0, 0.05) is 58.0 Å². The zero-order valence-corrected chi connectivity index (χ0v) is 31.7. The van der Waals surface area contributed by atoms with Crippen LogP contribution in [0.2, 0.25) is 0 Å². The van der Waals surface area contributed by atoms with Gasteiger partial charge in [0.05, 0.1) is 30.8 Å². The van der Waals surface area contributed by atoms with Gasteiger partial charge in [-0.25, -0.2) is 16.8 Å². The Morgan fingerprint density at radius 1 is 1.00 bits per heavy atom. The number of sulfonamides is 2. The van der Waals surface area contributed by atoms with Crippen LogP contribution in [-0.4, -0.2) is 114 Å². The molecule has 220 valence electrons. The van der Waals surface area contributed by atoms with E-state index >= 15 is 0 Å². The van der Waals surface area contributed by atoms with E-state index in [-0.39, 0.29) is 44.9 Å². The number of rotatable bonds is 5. The molecular weight excluding hydrogens is 1090 g/mol. The number of methoxy groups -OCH3 is 2. The van der Waals surface area contributed by atoms with Crippen LogP contribution >= 0.6 is 39.0 Å². The molecule has 0 bridgehead atoms. The van der Waals surface area contributed by atoms with Crippen LogP contribution in [0, 0.1) is 0 Å². The van der Waals surface area contributed by atoms with E-state index in [0.717, 1.165) is 6.26 Å². The standard InChI is InChI=1S/C7H14N4O3S.C7H16N2O3S.C2H6O.CH4.2HI.2Re/c1-14-7-5-11(15(2,12)13)4-3-6(7)9-10-8;1-12-7-5-9(13(2,10)11)4-3-6(7)8;1-2-3;;;;;/h6-7H,3-5H2,1-2H3;6-7H,3-5,8H2,1-2H3;3H,2H2,1H3;1H4;2*1H;;/q;;;;;;2*+1/p-2/t2*6-,7-;;;;;;/m11....../s1. The van der Waals surface area contributed by atoms with Crippen LogP contribution in [0.5, 0.6) is 0 Å². The number of halogens is 2. The van der Waals surface area contributed by atoms with Gasteiger partial charge in [-0.05, 0) is 25.3 Å². The number of ether oxygens (including phenoxy) is 2. The summed E-state index contributed by atoms with van der Waals surface area (Å²) >= 11 is 7.80. The van der Waals surface area contributed by atoms with Gasteiger partial charge in [-0.2, -0.15) is 8.61 Å². The molecule has 2 heterocycles. The van der Waals surface area contributed by atoms with Gasteiger partial charge >= 0.3 is 70.2 Å². The Labute approximate surface area is 259 Å². The first kappa shape index (κ1) is 44.8. The summed E-state index contributed by atoms with van der Waals surface area (Å²) in [7, 11) is -3.25. The van der Waals surface area contributed by atoms with Crippen LogP contribution in [0.25, 0.3) is 10.4 Å². The Hall–Kier alpha value is 1.75. The fourth-order valence-electron chi connectivity index (χ4n) is 3.06. The van der Waals surface area contributed by atoms with E-state index in [4.69, 9.17) is 25.8 Å². The van der Waals surface area contributed by atoms with Crippen LogP contribution in [-0.2, 0) is 60.7 Å². The molecule has 0 aliphatic carbocycles. The number of hydrogen-bond donors (Lipinski definition) is 2. The Kier molecular flexibility index (Phi) is 32.0. The second-order valence-electron chi connectivity index (χ2n) is 7.12. The fraction of sp³-hybridized carbons (Fsp3) is 1.00. The summed E-state index contributed by atoms with van der Waals surface area (Å²) in [5.74, 6) is 0. The van der Waals surface area contributed by atoms with E-state index in [9.17, 15) is 16.8 Å². The van der Waals surface area contributed by atoms with Crippen molar-refractivity contribution in [3.05, 3.63) is 10.4 Å². The molecule has 13 nitrogen and oxygen atoms in total. The van der Waals surface area contributed by atoms with Crippen LogP contribution in [0.3, 0.4) is 0 Å².